The highest BCUT2D eigenvalue weighted by Gasteiger charge is 2.25. The third kappa shape index (κ3) is 6.79. The Morgan fingerprint density at radius 1 is 0.970 bits per heavy atom. The summed E-state index contributed by atoms with van der Waals surface area (Å²) in [4.78, 5) is 17.8. The van der Waals surface area contributed by atoms with Crippen LogP contribution >= 0.6 is 0 Å². The molecule has 1 atom stereocenters. The van der Waals surface area contributed by atoms with Crippen LogP contribution in [0.1, 0.15) is 32.1 Å². The molecule has 178 valence electrons. The van der Waals surface area contributed by atoms with E-state index in [1.165, 1.54) is 25.8 Å². The van der Waals surface area contributed by atoms with E-state index in [1.807, 2.05) is 42.5 Å². The third-order valence-electron chi connectivity index (χ3n) is 6.96. The van der Waals surface area contributed by atoms with Crippen LogP contribution in [0.25, 0.3) is 11.1 Å². The summed E-state index contributed by atoms with van der Waals surface area (Å²) in [6.45, 7) is 6.46. The number of hydrogen-bond acceptors (Lipinski definition) is 4. The number of anilines is 1. The number of methoxy groups -OCH3 is 1. The maximum absolute atomic E-state index is 12.7. The van der Waals surface area contributed by atoms with E-state index in [2.05, 4.69) is 32.6 Å². The van der Waals surface area contributed by atoms with Crippen molar-refractivity contribution in [1.82, 2.24) is 15.1 Å². The van der Waals surface area contributed by atoms with E-state index < -0.39 is 0 Å². The van der Waals surface area contributed by atoms with Gasteiger partial charge in [0.25, 0.3) is 0 Å². The zero-order chi connectivity index (χ0) is 22.9. The fourth-order valence-electron chi connectivity index (χ4n) is 5.17. The van der Waals surface area contributed by atoms with Crippen LogP contribution in [0.5, 0.6) is 0 Å². The Hall–Kier alpha value is -2.41. The molecule has 2 aromatic rings. The average molecular weight is 451 g/mol. The quantitative estimate of drug-likeness (QED) is 0.593. The van der Waals surface area contributed by atoms with Crippen molar-refractivity contribution in [2.75, 3.05) is 51.8 Å². The van der Waals surface area contributed by atoms with Crippen molar-refractivity contribution in [2.45, 2.75) is 44.2 Å². The van der Waals surface area contributed by atoms with Gasteiger partial charge >= 0.3 is 6.03 Å². The Kier molecular flexibility index (Phi) is 8.75. The highest BCUT2D eigenvalue weighted by atomic mass is 16.5. The number of likely N-dealkylation sites (tertiary alicyclic amines) is 2. The Labute approximate surface area is 198 Å². The molecule has 2 N–H and O–H groups in total. The van der Waals surface area contributed by atoms with Gasteiger partial charge in [0, 0.05) is 37.8 Å². The van der Waals surface area contributed by atoms with Crippen molar-refractivity contribution in [3.63, 3.8) is 0 Å². The molecule has 0 spiro atoms. The second-order valence-electron chi connectivity index (χ2n) is 9.27. The number of ether oxygens (including phenoxy) is 1. The molecule has 0 radical (unpaired) electrons. The standard InChI is InChI=1S/C27H38N4O2/c1-33-21-24-11-7-17-31(24)18-8-16-30-19-14-23(15-20-30)28-27(32)29-26-13-6-5-12-25(26)22-9-3-2-4-10-22/h2-6,9-10,12-13,23-24H,7-8,11,14-21H2,1H3,(H2,28,29,32). The SMILES string of the molecule is COCC1CCCN1CCCN1CCC(NC(=O)Nc2ccccc2-c2ccccc2)CC1. The minimum Gasteiger partial charge on any atom is -0.383 e. The molecule has 2 heterocycles. The first-order valence-electron chi connectivity index (χ1n) is 12.4. The van der Waals surface area contributed by atoms with Gasteiger partial charge in [0.15, 0.2) is 0 Å². The summed E-state index contributed by atoms with van der Waals surface area (Å²) in [6, 6.07) is 18.9. The average Bonchev–Trinajstić information content (AvgIpc) is 3.28. The number of benzene rings is 2. The largest absolute Gasteiger partial charge is 0.383 e. The Morgan fingerprint density at radius 3 is 2.52 bits per heavy atom. The van der Waals surface area contributed by atoms with Gasteiger partial charge in [0.05, 0.1) is 12.3 Å². The first-order valence-corrected chi connectivity index (χ1v) is 12.4. The molecule has 6 heteroatoms. The van der Waals surface area contributed by atoms with E-state index in [9.17, 15) is 4.79 Å². The lowest BCUT2D eigenvalue weighted by atomic mass is 10.0. The maximum atomic E-state index is 12.7. The second-order valence-corrected chi connectivity index (χ2v) is 9.27. The fraction of sp³-hybridized carbons (Fsp3) is 0.519. The minimum absolute atomic E-state index is 0.116. The molecule has 1 unspecified atom stereocenters. The number of nitrogens with one attached hydrogen (secondary N) is 2. The summed E-state index contributed by atoms with van der Waals surface area (Å²) >= 11 is 0. The molecule has 0 saturated carbocycles. The number of amides is 2. The van der Waals surface area contributed by atoms with Gasteiger partial charge in [-0.05, 0) is 63.4 Å². The van der Waals surface area contributed by atoms with Gasteiger partial charge in [-0.1, -0.05) is 48.5 Å². The van der Waals surface area contributed by atoms with Crippen molar-refractivity contribution in [2.24, 2.45) is 0 Å². The molecule has 2 fully saturated rings. The highest BCUT2D eigenvalue weighted by molar-refractivity contribution is 5.94. The van der Waals surface area contributed by atoms with Gasteiger partial charge < -0.3 is 20.3 Å². The summed E-state index contributed by atoms with van der Waals surface area (Å²) in [5.41, 5.74) is 2.98. The molecule has 33 heavy (non-hydrogen) atoms. The molecular weight excluding hydrogens is 412 g/mol. The number of para-hydroxylation sites is 1. The Morgan fingerprint density at radius 2 is 1.73 bits per heavy atom. The fourth-order valence-corrected chi connectivity index (χ4v) is 5.17. The van der Waals surface area contributed by atoms with Gasteiger partial charge in [-0.3, -0.25) is 4.90 Å². The molecule has 6 nitrogen and oxygen atoms in total. The van der Waals surface area contributed by atoms with E-state index in [1.54, 1.807) is 7.11 Å². The van der Waals surface area contributed by atoms with Crippen LogP contribution in [0.15, 0.2) is 54.6 Å². The van der Waals surface area contributed by atoms with Gasteiger partial charge in [-0.25, -0.2) is 4.79 Å². The van der Waals surface area contributed by atoms with Crippen molar-refractivity contribution < 1.29 is 9.53 Å². The predicted molar refractivity (Wildman–Crippen MR) is 135 cm³/mol. The summed E-state index contributed by atoms with van der Waals surface area (Å²) in [7, 11) is 1.80. The van der Waals surface area contributed by atoms with Crippen LogP contribution in [-0.2, 0) is 4.74 Å². The molecule has 2 saturated heterocycles. The second kappa shape index (κ2) is 12.2. The van der Waals surface area contributed by atoms with Crippen LogP contribution < -0.4 is 10.6 Å². The molecule has 0 aliphatic carbocycles. The zero-order valence-electron chi connectivity index (χ0n) is 19.8. The molecule has 2 aromatic carbocycles. The molecular formula is C27H38N4O2. The highest BCUT2D eigenvalue weighted by Crippen LogP contribution is 2.27. The first-order chi connectivity index (χ1) is 16.2. The number of rotatable bonds is 9. The molecule has 0 bridgehead atoms. The van der Waals surface area contributed by atoms with Gasteiger partial charge in [0.1, 0.15) is 0 Å². The Balaban J connectivity index is 1.18. The summed E-state index contributed by atoms with van der Waals surface area (Å²) in [5, 5.41) is 6.26. The number of carbonyl (C=O) groups is 1. The Bertz CT molecular complexity index is 867. The van der Waals surface area contributed by atoms with Crippen molar-refractivity contribution >= 4 is 11.7 Å². The molecule has 2 aliphatic rings. The number of nitrogens with zero attached hydrogens (tertiary/aromatic N) is 2. The van der Waals surface area contributed by atoms with E-state index in [4.69, 9.17) is 4.74 Å². The molecule has 0 aromatic heterocycles. The molecule has 2 amide bonds. The van der Waals surface area contributed by atoms with Crippen LogP contribution in [0.2, 0.25) is 0 Å². The van der Waals surface area contributed by atoms with E-state index in [0.29, 0.717) is 6.04 Å². The number of hydrogen-bond donors (Lipinski definition) is 2. The van der Waals surface area contributed by atoms with Crippen LogP contribution in [-0.4, -0.2) is 74.4 Å². The normalized spacial score (nSPS) is 20.1. The molecule has 2 aliphatic heterocycles. The minimum atomic E-state index is -0.116. The molecule has 4 rings (SSSR count). The maximum Gasteiger partial charge on any atom is 0.319 e. The van der Waals surface area contributed by atoms with E-state index in [-0.39, 0.29) is 12.1 Å². The lowest BCUT2D eigenvalue weighted by molar-refractivity contribution is 0.110. The topological polar surface area (TPSA) is 56.8 Å². The van der Waals surface area contributed by atoms with Crippen molar-refractivity contribution in [3.8, 4) is 11.1 Å². The van der Waals surface area contributed by atoms with Crippen molar-refractivity contribution in [1.29, 1.82) is 0 Å². The summed E-state index contributed by atoms with van der Waals surface area (Å²) < 4.78 is 5.37. The number of carbonyl (C=O) groups excluding carboxylic acids is 1. The van der Waals surface area contributed by atoms with Crippen LogP contribution in [0, 0.1) is 0 Å². The van der Waals surface area contributed by atoms with Gasteiger partial charge in [0.2, 0.25) is 0 Å². The lowest BCUT2D eigenvalue weighted by Crippen LogP contribution is -2.46. The van der Waals surface area contributed by atoms with Gasteiger partial charge in [-0.2, -0.15) is 0 Å². The van der Waals surface area contributed by atoms with Gasteiger partial charge in [-0.15, -0.1) is 0 Å². The first kappa shape index (κ1) is 23.7. The third-order valence-corrected chi connectivity index (χ3v) is 6.96. The lowest BCUT2D eigenvalue weighted by Gasteiger charge is -2.33. The number of piperidine rings is 1. The van der Waals surface area contributed by atoms with E-state index >= 15 is 0 Å². The number of urea groups is 1. The summed E-state index contributed by atoms with van der Waals surface area (Å²) in [6.07, 6.45) is 5.77. The zero-order valence-corrected chi connectivity index (χ0v) is 19.8. The van der Waals surface area contributed by atoms with Crippen LogP contribution in [0.3, 0.4) is 0 Å². The summed E-state index contributed by atoms with van der Waals surface area (Å²) in [5.74, 6) is 0. The predicted octanol–water partition coefficient (Wildman–Crippen LogP) is 4.44. The smallest absolute Gasteiger partial charge is 0.319 e. The van der Waals surface area contributed by atoms with Crippen LogP contribution in [0.4, 0.5) is 10.5 Å². The monoisotopic (exact) mass is 450 g/mol. The van der Waals surface area contributed by atoms with E-state index in [0.717, 1.165) is 62.4 Å². The van der Waals surface area contributed by atoms with Crippen molar-refractivity contribution in [3.05, 3.63) is 54.6 Å².